The van der Waals surface area contributed by atoms with E-state index in [9.17, 15) is 5.26 Å². The minimum Gasteiger partial charge on any atom is -0.497 e. The number of anilines is 1. The van der Waals surface area contributed by atoms with E-state index in [1.54, 1.807) is 14.2 Å². The summed E-state index contributed by atoms with van der Waals surface area (Å²) in [6.07, 6.45) is 0.888. The maximum Gasteiger partial charge on any atom is 0.145 e. The Bertz CT molecular complexity index is 505. The minimum atomic E-state index is -0.184. The fraction of sp³-hybridized carbons (Fsp3) is 0.533. The maximum atomic E-state index is 9.25. The molecule has 1 aliphatic rings. The third kappa shape index (κ3) is 2.21. The SMILES string of the molecule is COc1ccc(N2CCC(C#N)C2(C)C)c(OC)c1. The number of hydrogen-bond donors (Lipinski definition) is 0. The second-order valence-electron chi connectivity index (χ2n) is 5.31. The van der Waals surface area contributed by atoms with E-state index in [2.05, 4.69) is 24.8 Å². The summed E-state index contributed by atoms with van der Waals surface area (Å²) in [5, 5.41) is 9.25. The van der Waals surface area contributed by atoms with Crippen LogP contribution in [0, 0.1) is 17.2 Å². The van der Waals surface area contributed by atoms with E-state index in [-0.39, 0.29) is 11.5 Å². The highest BCUT2D eigenvalue weighted by Gasteiger charge is 2.42. The summed E-state index contributed by atoms with van der Waals surface area (Å²) in [5.41, 5.74) is 0.836. The Morgan fingerprint density at radius 2 is 2.05 bits per heavy atom. The number of benzene rings is 1. The van der Waals surface area contributed by atoms with Gasteiger partial charge in [0, 0.05) is 12.6 Å². The van der Waals surface area contributed by atoms with Crippen LogP contribution in [0.1, 0.15) is 20.3 Å². The highest BCUT2D eigenvalue weighted by atomic mass is 16.5. The van der Waals surface area contributed by atoms with Gasteiger partial charge in [-0.05, 0) is 32.4 Å². The molecule has 0 bridgehead atoms. The molecule has 0 aliphatic carbocycles. The number of methoxy groups -OCH3 is 2. The third-order valence-electron chi connectivity index (χ3n) is 4.02. The van der Waals surface area contributed by atoms with Crippen molar-refractivity contribution in [1.29, 1.82) is 5.26 Å². The fourth-order valence-electron chi connectivity index (χ4n) is 2.75. The van der Waals surface area contributed by atoms with E-state index >= 15 is 0 Å². The molecule has 1 atom stereocenters. The van der Waals surface area contributed by atoms with Crippen molar-refractivity contribution < 1.29 is 9.47 Å². The van der Waals surface area contributed by atoms with Gasteiger partial charge in [-0.3, -0.25) is 0 Å². The lowest BCUT2D eigenvalue weighted by molar-refractivity contribution is 0.388. The fourth-order valence-corrected chi connectivity index (χ4v) is 2.75. The smallest absolute Gasteiger partial charge is 0.145 e. The van der Waals surface area contributed by atoms with Crippen LogP contribution >= 0.6 is 0 Å². The predicted molar refractivity (Wildman–Crippen MR) is 74.7 cm³/mol. The molecule has 0 amide bonds. The largest absolute Gasteiger partial charge is 0.497 e. The van der Waals surface area contributed by atoms with Crippen LogP contribution in [0.2, 0.25) is 0 Å². The van der Waals surface area contributed by atoms with Gasteiger partial charge in [0.2, 0.25) is 0 Å². The van der Waals surface area contributed by atoms with Crippen molar-refractivity contribution in [2.75, 3.05) is 25.7 Å². The molecule has 1 aliphatic heterocycles. The molecule has 1 saturated heterocycles. The topological polar surface area (TPSA) is 45.5 Å². The zero-order chi connectivity index (χ0) is 14.0. The van der Waals surface area contributed by atoms with Crippen molar-refractivity contribution >= 4 is 5.69 Å². The lowest BCUT2D eigenvalue weighted by atomic mass is 9.89. The summed E-state index contributed by atoms with van der Waals surface area (Å²) < 4.78 is 10.7. The number of hydrogen-bond acceptors (Lipinski definition) is 4. The molecule has 0 spiro atoms. The lowest BCUT2D eigenvalue weighted by Gasteiger charge is -2.36. The second kappa shape index (κ2) is 5.00. The Labute approximate surface area is 114 Å². The average molecular weight is 260 g/mol. The van der Waals surface area contributed by atoms with E-state index in [1.165, 1.54) is 0 Å². The average Bonchev–Trinajstić information content (AvgIpc) is 2.72. The molecule has 1 heterocycles. The van der Waals surface area contributed by atoms with Crippen LogP contribution in [-0.4, -0.2) is 26.3 Å². The highest BCUT2D eigenvalue weighted by Crippen LogP contribution is 2.42. The van der Waals surface area contributed by atoms with Crippen LogP contribution in [0.3, 0.4) is 0 Å². The van der Waals surface area contributed by atoms with Gasteiger partial charge in [-0.1, -0.05) is 0 Å². The Balaban J connectivity index is 2.40. The molecule has 1 unspecified atom stereocenters. The van der Waals surface area contributed by atoms with E-state index in [0.29, 0.717) is 0 Å². The molecule has 4 nitrogen and oxygen atoms in total. The van der Waals surface area contributed by atoms with Gasteiger partial charge in [-0.2, -0.15) is 5.26 Å². The van der Waals surface area contributed by atoms with Crippen LogP contribution < -0.4 is 14.4 Å². The highest BCUT2D eigenvalue weighted by molar-refractivity contribution is 5.63. The van der Waals surface area contributed by atoms with Gasteiger partial charge in [0.05, 0.1) is 37.4 Å². The molecule has 0 N–H and O–H groups in total. The van der Waals surface area contributed by atoms with Crippen LogP contribution in [0.25, 0.3) is 0 Å². The third-order valence-corrected chi connectivity index (χ3v) is 4.02. The Morgan fingerprint density at radius 3 is 2.58 bits per heavy atom. The quantitative estimate of drug-likeness (QED) is 0.838. The van der Waals surface area contributed by atoms with E-state index in [4.69, 9.17) is 9.47 Å². The first-order valence-electron chi connectivity index (χ1n) is 6.44. The molecule has 4 heteroatoms. The van der Waals surface area contributed by atoms with E-state index < -0.39 is 0 Å². The minimum absolute atomic E-state index is 0.0410. The zero-order valence-electron chi connectivity index (χ0n) is 11.9. The van der Waals surface area contributed by atoms with Crippen LogP contribution in [0.15, 0.2) is 18.2 Å². The van der Waals surface area contributed by atoms with Crippen molar-refractivity contribution in [3.63, 3.8) is 0 Å². The van der Waals surface area contributed by atoms with Crippen LogP contribution in [0.4, 0.5) is 5.69 Å². The number of nitriles is 1. The maximum absolute atomic E-state index is 9.25. The molecule has 1 fully saturated rings. The summed E-state index contributed by atoms with van der Waals surface area (Å²) in [5.74, 6) is 1.60. The van der Waals surface area contributed by atoms with Gasteiger partial charge >= 0.3 is 0 Å². The van der Waals surface area contributed by atoms with Gasteiger partial charge in [0.25, 0.3) is 0 Å². The number of nitrogens with zero attached hydrogens (tertiary/aromatic N) is 2. The summed E-state index contributed by atoms with van der Waals surface area (Å²) in [6, 6.07) is 8.21. The summed E-state index contributed by atoms with van der Waals surface area (Å²) in [6.45, 7) is 5.09. The predicted octanol–water partition coefficient (Wildman–Crippen LogP) is 2.83. The number of ether oxygens (including phenoxy) is 2. The van der Waals surface area contributed by atoms with Crippen LogP contribution in [-0.2, 0) is 0 Å². The standard InChI is InChI=1S/C15H20N2O2/c1-15(2)11(10-16)7-8-17(15)13-6-5-12(18-3)9-14(13)19-4/h5-6,9,11H,7-8H2,1-4H3. The Hall–Kier alpha value is -1.89. The second-order valence-corrected chi connectivity index (χ2v) is 5.31. The number of rotatable bonds is 3. The van der Waals surface area contributed by atoms with Crippen molar-refractivity contribution in [2.45, 2.75) is 25.8 Å². The Kier molecular flexibility index (Phi) is 3.57. The van der Waals surface area contributed by atoms with Gasteiger partial charge < -0.3 is 14.4 Å². The van der Waals surface area contributed by atoms with Crippen molar-refractivity contribution in [3.8, 4) is 17.6 Å². The molecule has 2 rings (SSSR count). The van der Waals surface area contributed by atoms with Crippen molar-refractivity contribution in [2.24, 2.45) is 5.92 Å². The first kappa shape index (κ1) is 13.5. The van der Waals surface area contributed by atoms with Crippen molar-refractivity contribution in [3.05, 3.63) is 18.2 Å². The molecule has 1 aromatic rings. The first-order valence-corrected chi connectivity index (χ1v) is 6.44. The molecule has 102 valence electrons. The molecule has 0 saturated carbocycles. The summed E-state index contributed by atoms with van der Waals surface area (Å²) in [4.78, 5) is 2.25. The normalized spacial score (nSPS) is 21.0. The van der Waals surface area contributed by atoms with Crippen LogP contribution in [0.5, 0.6) is 11.5 Å². The monoisotopic (exact) mass is 260 g/mol. The van der Waals surface area contributed by atoms with Gasteiger partial charge in [0.15, 0.2) is 0 Å². The molecular weight excluding hydrogens is 240 g/mol. The van der Waals surface area contributed by atoms with Gasteiger partial charge in [-0.15, -0.1) is 0 Å². The summed E-state index contributed by atoms with van der Waals surface area (Å²) >= 11 is 0. The molecule has 19 heavy (non-hydrogen) atoms. The van der Waals surface area contributed by atoms with Gasteiger partial charge in [0.1, 0.15) is 11.5 Å². The molecule has 0 radical (unpaired) electrons. The zero-order valence-corrected chi connectivity index (χ0v) is 11.9. The van der Waals surface area contributed by atoms with Gasteiger partial charge in [-0.25, -0.2) is 0 Å². The molecule has 0 aromatic heterocycles. The lowest BCUT2D eigenvalue weighted by Crippen LogP contribution is -2.42. The van der Waals surface area contributed by atoms with E-state index in [0.717, 1.165) is 30.2 Å². The molecule has 1 aromatic carbocycles. The molecular formula is C15H20N2O2. The van der Waals surface area contributed by atoms with E-state index in [1.807, 2.05) is 18.2 Å². The van der Waals surface area contributed by atoms with Crippen molar-refractivity contribution in [1.82, 2.24) is 0 Å². The summed E-state index contributed by atoms with van der Waals surface area (Å²) in [7, 11) is 3.29. The first-order chi connectivity index (χ1) is 9.04. The Morgan fingerprint density at radius 1 is 1.32 bits per heavy atom.